The molecule has 0 saturated heterocycles. The lowest BCUT2D eigenvalue weighted by molar-refractivity contribution is -0.274. The Bertz CT molecular complexity index is 639. The fraction of sp³-hybridized carbons (Fsp3) is 0.250. The van der Waals surface area contributed by atoms with Crippen molar-refractivity contribution in [3.8, 4) is 5.75 Å². The molecule has 1 heterocycles. The molecule has 1 unspecified atom stereocenters. The summed E-state index contributed by atoms with van der Waals surface area (Å²) in [6, 6.07) is 14.0. The van der Waals surface area contributed by atoms with Gasteiger partial charge in [-0.1, -0.05) is 36.4 Å². The average molecular weight is 293 g/mol. The monoisotopic (exact) mass is 293 g/mol. The molecule has 0 saturated carbocycles. The van der Waals surface area contributed by atoms with Gasteiger partial charge in [0.2, 0.25) is 0 Å². The van der Waals surface area contributed by atoms with Crippen molar-refractivity contribution in [3.05, 3.63) is 65.2 Å². The molecule has 1 N–H and O–H groups in total. The summed E-state index contributed by atoms with van der Waals surface area (Å²) in [6.45, 7) is 0.798. The largest absolute Gasteiger partial charge is 0.573 e. The van der Waals surface area contributed by atoms with Crippen molar-refractivity contribution < 1.29 is 17.9 Å². The summed E-state index contributed by atoms with van der Waals surface area (Å²) in [5.74, 6) is -0.190. The molecule has 0 bridgehead atoms. The first-order chi connectivity index (χ1) is 10.0. The molecule has 2 aromatic carbocycles. The molecular weight excluding hydrogens is 279 g/mol. The van der Waals surface area contributed by atoms with E-state index in [0.717, 1.165) is 24.1 Å². The van der Waals surface area contributed by atoms with E-state index in [9.17, 15) is 13.2 Å². The molecule has 0 fully saturated rings. The minimum absolute atomic E-state index is 0.105. The molecule has 0 aromatic heterocycles. The van der Waals surface area contributed by atoms with Crippen LogP contribution in [0, 0.1) is 0 Å². The van der Waals surface area contributed by atoms with Gasteiger partial charge < -0.3 is 10.1 Å². The van der Waals surface area contributed by atoms with Crippen LogP contribution in [-0.4, -0.2) is 12.9 Å². The molecule has 2 aromatic rings. The Morgan fingerprint density at radius 3 is 2.67 bits per heavy atom. The number of hydrogen-bond donors (Lipinski definition) is 1. The van der Waals surface area contributed by atoms with Crippen LogP contribution in [0.3, 0.4) is 0 Å². The van der Waals surface area contributed by atoms with Crippen molar-refractivity contribution >= 4 is 0 Å². The number of benzene rings is 2. The zero-order valence-corrected chi connectivity index (χ0v) is 11.2. The number of rotatable bonds is 2. The fourth-order valence-corrected chi connectivity index (χ4v) is 2.69. The van der Waals surface area contributed by atoms with Crippen LogP contribution in [0.5, 0.6) is 5.75 Å². The molecule has 1 aliphatic heterocycles. The van der Waals surface area contributed by atoms with Crippen LogP contribution >= 0.6 is 0 Å². The van der Waals surface area contributed by atoms with Gasteiger partial charge in [0.15, 0.2) is 0 Å². The van der Waals surface area contributed by atoms with Gasteiger partial charge in [-0.15, -0.1) is 13.2 Å². The summed E-state index contributed by atoms with van der Waals surface area (Å²) < 4.78 is 40.9. The first kappa shape index (κ1) is 13.9. The van der Waals surface area contributed by atoms with E-state index in [0.29, 0.717) is 0 Å². The molecule has 21 heavy (non-hydrogen) atoms. The summed E-state index contributed by atoms with van der Waals surface area (Å²) in [5, 5.41) is 3.34. The highest BCUT2D eigenvalue weighted by Gasteiger charge is 2.31. The minimum Gasteiger partial charge on any atom is -0.406 e. The quantitative estimate of drug-likeness (QED) is 0.909. The SMILES string of the molecule is FC(F)(F)Oc1cccc(C2NCCc3ccccc32)c1. The normalized spacial score (nSPS) is 18.1. The van der Waals surface area contributed by atoms with Crippen molar-refractivity contribution in [2.24, 2.45) is 0 Å². The highest BCUT2D eigenvalue weighted by molar-refractivity contribution is 5.41. The van der Waals surface area contributed by atoms with Gasteiger partial charge in [0, 0.05) is 6.54 Å². The molecule has 3 rings (SSSR count). The van der Waals surface area contributed by atoms with Gasteiger partial charge >= 0.3 is 6.36 Å². The summed E-state index contributed by atoms with van der Waals surface area (Å²) in [5.41, 5.74) is 3.10. The molecule has 110 valence electrons. The Balaban J connectivity index is 1.93. The Hall–Kier alpha value is -2.01. The van der Waals surface area contributed by atoms with Crippen LogP contribution in [0.1, 0.15) is 22.7 Å². The lowest BCUT2D eigenvalue weighted by atomic mass is 9.90. The molecule has 0 aliphatic carbocycles. The van der Waals surface area contributed by atoms with E-state index in [1.165, 1.54) is 17.7 Å². The Morgan fingerprint density at radius 1 is 1.05 bits per heavy atom. The van der Waals surface area contributed by atoms with Gasteiger partial charge in [-0.05, 0) is 35.2 Å². The topological polar surface area (TPSA) is 21.3 Å². The standard InChI is InChI=1S/C16H14F3NO/c17-16(18,19)21-13-6-3-5-12(10-13)15-14-7-2-1-4-11(14)8-9-20-15/h1-7,10,15,20H,8-9H2. The van der Waals surface area contributed by atoms with E-state index in [1.807, 2.05) is 24.3 Å². The van der Waals surface area contributed by atoms with Crippen molar-refractivity contribution in [3.63, 3.8) is 0 Å². The maximum absolute atomic E-state index is 12.3. The lowest BCUT2D eigenvalue weighted by Crippen LogP contribution is -2.30. The van der Waals surface area contributed by atoms with Crippen molar-refractivity contribution in [2.75, 3.05) is 6.54 Å². The van der Waals surface area contributed by atoms with E-state index in [1.54, 1.807) is 6.07 Å². The second-order valence-electron chi connectivity index (χ2n) is 4.96. The minimum atomic E-state index is -4.67. The van der Waals surface area contributed by atoms with Crippen molar-refractivity contribution in [2.45, 2.75) is 18.8 Å². The summed E-state index contributed by atoms with van der Waals surface area (Å²) in [7, 11) is 0. The van der Waals surface area contributed by atoms with Gasteiger partial charge in [-0.25, -0.2) is 0 Å². The summed E-state index contributed by atoms with van der Waals surface area (Å²) in [4.78, 5) is 0. The number of ether oxygens (including phenoxy) is 1. The molecule has 5 heteroatoms. The van der Waals surface area contributed by atoms with E-state index in [-0.39, 0.29) is 11.8 Å². The van der Waals surface area contributed by atoms with E-state index >= 15 is 0 Å². The Labute approximate surface area is 120 Å². The first-order valence-electron chi connectivity index (χ1n) is 6.70. The molecule has 2 nitrogen and oxygen atoms in total. The Morgan fingerprint density at radius 2 is 1.86 bits per heavy atom. The van der Waals surface area contributed by atoms with E-state index in [4.69, 9.17) is 0 Å². The van der Waals surface area contributed by atoms with Crippen LogP contribution in [0.4, 0.5) is 13.2 Å². The molecule has 0 amide bonds. The third kappa shape index (κ3) is 3.19. The number of alkyl halides is 3. The highest BCUT2D eigenvalue weighted by Crippen LogP contribution is 2.31. The number of nitrogens with one attached hydrogen (secondary N) is 1. The van der Waals surface area contributed by atoms with Crippen LogP contribution < -0.4 is 10.1 Å². The number of halogens is 3. The Kier molecular flexibility index (Phi) is 3.59. The van der Waals surface area contributed by atoms with Crippen LogP contribution in [0.15, 0.2) is 48.5 Å². The van der Waals surface area contributed by atoms with Gasteiger partial charge in [-0.2, -0.15) is 0 Å². The van der Waals surface area contributed by atoms with Crippen LogP contribution in [0.25, 0.3) is 0 Å². The molecule has 0 spiro atoms. The molecule has 0 radical (unpaired) electrons. The van der Waals surface area contributed by atoms with Gasteiger partial charge in [0.1, 0.15) is 5.75 Å². The smallest absolute Gasteiger partial charge is 0.406 e. The first-order valence-corrected chi connectivity index (χ1v) is 6.70. The second-order valence-corrected chi connectivity index (χ2v) is 4.96. The highest BCUT2D eigenvalue weighted by atomic mass is 19.4. The van der Waals surface area contributed by atoms with Crippen LogP contribution in [0.2, 0.25) is 0 Å². The van der Waals surface area contributed by atoms with Crippen molar-refractivity contribution in [1.29, 1.82) is 0 Å². The van der Waals surface area contributed by atoms with E-state index < -0.39 is 6.36 Å². The van der Waals surface area contributed by atoms with E-state index in [2.05, 4.69) is 16.1 Å². The second kappa shape index (κ2) is 5.41. The third-order valence-corrected chi connectivity index (χ3v) is 3.53. The van der Waals surface area contributed by atoms with Gasteiger partial charge in [0.25, 0.3) is 0 Å². The number of fused-ring (bicyclic) bond motifs is 1. The third-order valence-electron chi connectivity index (χ3n) is 3.53. The molecule has 1 aliphatic rings. The maximum Gasteiger partial charge on any atom is 0.573 e. The van der Waals surface area contributed by atoms with Crippen molar-refractivity contribution in [1.82, 2.24) is 5.32 Å². The molecule has 1 atom stereocenters. The summed E-state index contributed by atoms with van der Waals surface area (Å²) >= 11 is 0. The average Bonchev–Trinajstić information content (AvgIpc) is 2.45. The maximum atomic E-state index is 12.3. The number of hydrogen-bond acceptors (Lipinski definition) is 2. The van der Waals surface area contributed by atoms with Gasteiger partial charge in [0.05, 0.1) is 6.04 Å². The fourth-order valence-electron chi connectivity index (χ4n) is 2.69. The zero-order valence-electron chi connectivity index (χ0n) is 11.2. The zero-order chi connectivity index (χ0) is 14.9. The van der Waals surface area contributed by atoms with Crippen LogP contribution in [-0.2, 0) is 6.42 Å². The van der Waals surface area contributed by atoms with Gasteiger partial charge in [-0.3, -0.25) is 0 Å². The lowest BCUT2D eigenvalue weighted by Gasteiger charge is -2.27. The summed E-state index contributed by atoms with van der Waals surface area (Å²) in [6.07, 6.45) is -3.75. The molecular formula is C16H14F3NO. The predicted octanol–water partition coefficient (Wildman–Crippen LogP) is 3.82. The predicted molar refractivity (Wildman–Crippen MR) is 73.1 cm³/mol.